The monoisotopic (exact) mass is 348 g/mol. The normalized spacial score (nSPS) is 10.4. The molecule has 0 bridgehead atoms. The maximum Gasteiger partial charge on any atom is 0.224 e. The lowest BCUT2D eigenvalue weighted by Gasteiger charge is -2.10. The van der Waals surface area contributed by atoms with Gasteiger partial charge in [0.25, 0.3) is 0 Å². The zero-order chi connectivity index (χ0) is 14.0. The van der Waals surface area contributed by atoms with E-state index >= 15 is 0 Å². The van der Waals surface area contributed by atoms with E-state index in [0.29, 0.717) is 4.47 Å². The van der Waals surface area contributed by atoms with Gasteiger partial charge in [-0.2, -0.15) is 4.98 Å². The lowest BCUT2D eigenvalue weighted by Crippen LogP contribution is -2.03. The number of halogens is 4. The third kappa shape index (κ3) is 3.10. The Kier molecular flexibility index (Phi) is 4.16. The first kappa shape index (κ1) is 14.0. The Morgan fingerprint density at radius 1 is 1.26 bits per heavy atom. The minimum absolute atomic E-state index is 0.112. The van der Waals surface area contributed by atoms with E-state index in [2.05, 4.69) is 36.5 Å². The molecule has 2 rings (SSSR count). The van der Waals surface area contributed by atoms with E-state index in [1.54, 1.807) is 7.05 Å². The summed E-state index contributed by atoms with van der Waals surface area (Å²) in [5.41, 5.74) is -0.328. The van der Waals surface area contributed by atoms with E-state index < -0.39 is 11.6 Å². The molecule has 0 aliphatic rings. The molecule has 1 aromatic carbocycles. The first-order valence-electron chi connectivity index (χ1n) is 5.13. The fourth-order valence-corrected chi connectivity index (χ4v) is 1.90. The van der Waals surface area contributed by atoms with Crippen molar-refractivity contribution in [2.24, 2.45) is 0 Å². The minimum atomic E-state index is -0.757. The van der Waals surface area contributed by atoms with Gasteiger partial charge in [0.15, 0.2) is 17.5 Å². The van der Waals surface area contributed by atoms with E-state index in [0.717, 1.165) is 12.1 Å². The van der Waals surface area contributed by atoms with E-state index in [1.165, 1.54) is 6.20 Å². The van der Waals surface area contributed by atoms with Crippen LogP contribution >= 0.6 is 27.5 Å². The van der Waals surface area contributed by atoms with Crippen molar-refractivity contribution in [3.63, 3.8) is 0 Å². The first-order valence-corrected chi connectivity index (χ1v) is 6.30. The first-order chi connectivity index (χ1) is 9.01. The maximum absolute atomic E-state index is 13.7. The molecule has 0 fully saturated rings. The summed E-state index contributed by atoms with van der Waals surface area (Å²) in [4.78, 5) is 7.85. The molecule has 0 spiro atoms. The van der Waals surface area contributed by atoms with Crippen molar-refractivity contribution in [1.29, 1.82) is 0 Å². The van der Waals surface area contributed by atoms with Crippen LogP contribution in [0.2, 0.25) is 5.02 Å². The summed E-state index contributed by atoms with van der Waals surface area (Å²) in [5.74, 6) is -1.12. The molecule has 2 aromatic rings. The van der Waals surface area contributed by atoms with Crippen LogP contribution in [-0.2, 0) is 0 Å². The van der Waals surface area contributed by atoms with Crippen molar-refractivity contribution in [2.45, 2.75) is 0 Å². The summed E-state index contributed by atoms with van der Waals surface area (Å²) in [7, 11) is 1.62. The summed E-state index contributed by atoms with van der Waals surface area (Å²) < 4.78 is 27.7. The molecule has 0 radical (unpaired) electrons. The Morgan fingerprint density at radius 2 is 1.89 bits per heavy atom. The molecule has 4 nitrogen and oxygen atoms in total. The van der Waals surface area contributed by atoms with Gasteiger partial charge >= 0.3 is 0 Å². The molecule has 0 atom stereocenters. The van der Waals surface area contributed by atoms with Gasteiger partial charge in [0.2, 0.25) is 5.95 Å². The number of aromatic nitrogens is 2. The zero-order valence-electron chi connectivity index (χ0n) is 9.64. The maximum atomic E-state index is 13.7. The predicted octanol–water partition coefficient (Wildman–Crippen LogP) is 3.96. The molecule has 0 saturated carbocycles. The third-order valence-electron chi connectivity index (χ3n) is 2.22. The highest BCUT2D eigenvalue weighted by Gasteiger charge is 2.13. The van der Waals surface area contributed by atoms with Gasteiger partial charge in [-0.05, 0) is 12.1 Å². The quantitative estimate of drug-likeness (QED) is 0.881. The Labute approximate surface area is 121 Å². The van der Waals surface area contributed by atoms with Crippen molar-refractivity contribution >= 4 is 45.0 Å². The van der Waals surface area contributed by atoms with Crippen LogP contribution in [0, 0.1) is 11.6 Å². The molecule has 19 heavy (non-hydrogen) atoms. The summed E-state index contributed by atoms with van der Waals surface area (Å²) in [6, 6.07) is 2.28. The molecule has 0 saturated heterocycles. The van der Waals surface area contributed by atoms with Gasteiger partial charge < -0.3 is 10.6 Å². The van der Waals surface area contributed by atoms with Crippen LogP contribution in [0.15, 0.2) is 22.8 Å². The van der Waals surface area contributed by atoms with Crippen LogP contribution in [0.25, 0.3) is 0 Å². The molecule has 0 aliphatic carbocycles. The Morgan fingerprint density at radius 3 is 2.47 bits per heavy atom. The molecular weight excluding hydrogens is 342 g/mol. The number of hydrogen-bond donors (Lipinski definition) is 2. The fraction of sp³-hybridized carbons (Fsp3) is 0.0909. The van der Waals surface area contributed by atoms with E-state index in [-0.39, 0.29) is 22.5 Å². The third-order valence-corrected chi connectivity index (χ3v) is 2.95. The molecule has 100 valence electrons. The van der Waals surface area contributed by atoms with Crippen molar-refractivity contribution in [3.8, 4) is 0 Å². The number of nitrogens with one attached hydrogen (secondary N) is 2. The molecule has 0 aliphatic heterocycles. The van der Waals surface area contributed by atoms with Crippen LogP contribution < -0.4 is 10.6 Å². The van der Waals surface area contributed by atoms with E-state index in [4.69, 9.17) is 11.6 Å². The number of hydrogen-bond acceptors (Lipinski definition) is 4. The van der Waals surface area contributed by atoms with Crippen molar-refractivity contribution in [1.82, 2.24) is 9.97 Å². The predicted molar refractivity (Wildman–Crippen MR) is 73.9 cm³/mol. The highest BCUT2D eigenvalue weighted by Crippen LogP contribution is 2.29. The highest BCUT2D eigenvalue weighted by molar-refractivity contribution is 9.10. The molecule has 0 amide bonds. The van der Waals surface area contributed by atoms with Gasteiger partial charge in [0, 0.05) is 11.5 Å². The minimum Gasteiger partial charge on any atom is -0.357 e. The molecular formula is C11H8BrClF2N4. The molecule has 8 heteroatoms. The fourth-order valence-electron chi connectivity index (χ4n) is 1.36. The SMILES string of the molecule is CNc1ncc(Cl)c(Nc2c(F)cc(Br)cc2F)n1. The lowest BCUT2D eigenvalue weighted by atomic mass is 10.3. The number of anilines is 3. The number of nitrogens with zero attached hydrogens (tertiary/aromatic N) is 2. The van der Waals surface area contributed by atoms with Crippen LogP contribution in [0.1, 0.15) is 0 Å². The zero-order valence-corrected chi connectivity index (χ0v) is 12.0. The summed E-state index contributed by atoms with van der Waals surface area (Å²) >= 11 is 8.87. The van der Waals surface area contributed by atoms with Gasteiger partial charge in [0.05, 0.1) is 6.20 Å². The molecule has 1 heterocycles. The van der Waals surface area contributed by atoms with Gasteiger partial charge in [-0.3, -0.25) is 0 Å². The summed E-state index contributed by atoms with van der Waals surface area (Å²) in [6.07, 6.45) is 1.33. The second-order valence-electron chi connectivity index (χ2n) is 3.51. The van der Waals surface area contributed by atoms with Crippen molar-refractivity contribution < 1.29 is 8.78 Å². The topological polar surface area (TPSA) is 49.8 Å². The van der Waals surface area contributed by atoms with Crippen molar-refractivity contribution in [2.75, 3.05) is 17.7 Å². The van der Waals surface area contributed by atoms with Crippen molar-refractivity contribution in [3.05, 3.63) is 39.5 Å². The standard InChI is InChI=1S/C11H8BrClF2N4/c1-16-11-17-4-6(13)10(19-11)18-9-7(14)2-5(12)3-8(9)15/h2-4H,1H3,(H2,16,17,18,19). The molecule has 0 unspecified atom stereocenters. The average Bonchev–Trinajstić information content (AvgIpc) is 2.35. The van der Waals surface area contributed by atoms with Crippen LogP contribution in [0.5, 0.6) is 0 Å². The average molecular weight is 350 g/mol. The Bertz CT molecular complexity index is 601. The van der Waals surface area contributed by atoms with Gasteiger partial charge in [0.1, 0.15) is 10.7 Å². The summed E-state index contributed by atoms with van der Waals surface area (Å²) in [6.45, 7) is 0. The van der Waals surface area contributed by atoms with Crippen LogP contribution in [-0.4, -0.2) is 17.0 Å². The molecule has 1 aromatic heterocycles. The van der Waals surface area contributed by atoms with Gasteiger partial charge in [-0.15, -0.1) is 0 Å². The van der Waals surface area contributed by atoms with Gasteiger partial charge in [-0.1, -0.05) is 27.5 Å². The van der Waals surface area contributed by atoms with E-state index in [9.17, 15) is 8.78 Å². The Hall–Kier alpha value is -1.47. The van der Waals surface area contributed by atoms with E-state index in [1.807, 2.05) is 0 Å². The number of benzene rings is 1. The Balaban J connectivity index is 2.41. The number of rotatable bonds is 3. The summed E-state index contributed by atoms with van der Waals surface area (Å²) in [5, 5.41) is 5.37. The lowest BCUT2D eigenvalue weighted by molar-refractivity contribution is 0.589. The smallest absolute Gasteiger partial charge is 0.224 e. The van der Waals surface area contributed by atoms with Gasteiger partial charge in [-0.25, -0.2) is 13.8 Å². The van der Waals surface area contributed by atoms with Crippen LogP contribution in [0.4, 0.5) is 26.2 Å². The second kappa shape index (κ2) is 5.66. The largest absolute Gasteiger partial charge is 0.357 e. The second-order valence-corrected chi connectivity index (χ2v) is 4.83. The molecule has 2 N–H and O–H groups in total. The highest BCUT2D eigenvalue weighted by atomic mass is 79.9. The van der Waals surface area contributed by atoms with Crippen LogP contribution in [0.3, 0.4) is 0 Å².